The van der Waals surface area contributed by atoms with Crippen LogP contribution < -0.4 is 10.6 Å². The van der Waals surface area contributed by atoms with E-state index in [4.69, 9.17) is 0 Å². The van der Waals surface area contributed by atoms with Crippen molar-refractivity contribution in [1.82, 2.24) is 15.5 Å². The molecule has 1 aliphatic rings. The van der Waals surface area contributed by atoms with Gasteiger partial charge in [-0.05, 0) is 24.3 Å². The number of carbonyl (C=O) groups is 3. The van der Waals surface area contributed by atoms with Crippen molar-refractivity contribution in [2.75, 3.05) is 13.6 Å². The van der Waals surface area contributed by atoms with Crippen LogP contribution >= 0.6 is 0 Å². The molecule has 31 heavy (non-hydrogen) atoms. The zero-order valence-corrected chi connectivity index (χ0v) is 19.1. The number of carbonyl (C=O) groups excluding carboxylic acids is 3. The monoisotopic (exact) mass is 431 g/mol. The van der Waals surface area contributed by atoms with Crippen LogP contribution in [0.15, 0.2) is 30.3 Å². The zero-order chi connectivity index (χ0) is 23.0. The molecule has 0 spiro atoms. The minimum atomic E-state index is -1.11. The highest BCUT2D eigenvalue weighted by Gasteiger charge is 2.31. The minimum absolute atomic E-state index is 0.0859. The lowest BCUT2D eigenvalue weighted by molar-refractivity contribution is -0.139. The van der Waals surface area contributed by atoms with Crippen molar-refractivity contribution in [3.05, 3.63) is 35.9 Å². The molecule has 172 valence electrons. The van der Waals surface area contributed by atoms with Crippen LogP contribution in [-0.2, 0) is 14.4 Å². The van der Waals surface area contributed by atoms with E-state index in [1.807, 2.05) is 37.4 Å². The van der Waals surface area contributed by atoms with E-state index in [1.54, 1.807) is 25.7 Å². The van der Waals surface area contributed by atoms with Gasteiger partial charge in [0.05, 0.1) is 5.92 Å². The van der Waals surface area contributed by atoms with Crippen molar-refractivity contribution in [3.63, 3.8) is 0 Å². The largest absolute Gasteiger partial charge is 0.383 e. The van der Waals surface area contributed by atoms with Gasteiger partial charge in [-0.1, -0.05) is 70.4 Å². The summed E-state index contributed by atoms with van der Waals surface area (Å²) in [4.78, 5) is 39.9. The Bertz CT molecular complexity index is 732. The van der Waals surface area contributed by atoms with Crippen LogP contribution in [0.25, 0.3) is 0 Å². The molecule has 0 saturated heterocycles. The van der Waals surface area contributed by atoms with Crippen molar-refractivity contribution in [2.45, 2.75) is 71.1 Å². The molecule has 0 bridgehead atoms. The third kappa shape index (κ3) is 7.06. The van der Waals surface area contributed by atoms with Gasteiger partial charge in [-0.2, -0.15) is 0 Å². The number of nitrogens with zero attached hydrogens (tertiary/aromatic N) is 1. The molecular weight excluding hydrogens is 394 g/mol. The molecule has 7 heteroatoms. The maximum absolute atomic E-state index is 13.3. The van der Waals surface area contributed by atoms with Crippen LogP contribution in [0.1, 0.15) is 64.5 Å². The zero-order valence-electron chi connectivity index (χ0n) is 19.1. The van der Waals surface area contributed by atoms with E-state index in [9.17, 15) is 19.5 Å². The van der Waals surface area contributed by atoms with Gasteiger partial charge in [-0.25, -0.2) is 0 Å². The van der Waals surface area contributed by atoms with Crippen molar-refractivity contribution >= 4 is 17.7 Å². The second-order valence-corrected chi connectivity index (χ2v) is 8.93. The Labute approximate surface area is 185 Å². The first-order valence-corrected chi connectivity index (χ1v) is 11.3. The van der Waals surface area contributed by atoms with E-state index in [2.05, 4.69) is 10.6 Å². The minimum Gasteiger partial charge on any atom is -0.383 e. The van der Waals surface area contributed by atoms with Gasteiger partial charge in [0.25, 0.3) is 0 Å². The summed E-state index contributed by atoms with van der Waals surface area (Å²) < 4.78 is 0. The maximum atomic E-state index is 13.3. The standard InChI is InChI=1S/C24H37N3O4/c1-16(2)21(28)23(30)25-15-17(3)22(29)26-20(18-11-7-5-8-12-18)24(31)27(4)19-13-9-6-10-14-19/h5,7-8,11-12,16-17,19-21,28H,6,9-10,13-15H2,1-4H3,(H,25,30)(H,26,29)/t17-,20-,21-/m0/s1. The second kappa shape index (κ2) is 11.8. The summed E-state index contributed by atoms with van der Waals surface area (Å²) >= 11 is 0. The molecule has 3 atom stereocenters. The Hall–Kier alpha value is -2.41. The Morgan fingerprint density at radius 1 is 1.03 bits per heavy atom. The third-order valence-corrected chi connectivity index (χ3v) is 6.07. The van der Waals surface area contributed by atoms with E-state index in [-0.39, 0.29) is 30.3 Å². The Kier molecular flexibility index (Phi) is 9.49. The van der Waals surface area contributed by atoms with Gasteiger partial charge in [0.1, 0.15) is 12.1 Å². The van der Waals surface area contributed by atoms with Crippen LogP contribution in [0.2, 0.25) is 0 Å². The average Bonchev–Trinajstić information content (AvgIpc) is 2.80. The quantitative estimate of drug-likeness (QED) is 0.559. The van der Waals surface area contributed by atoms with Crippen molar-refractivity contribution < 1.29 is 19.5 Å². The van der Waals surface area contributed by atoms with E-state index in [0.717, 1.165) is 31.2 Å². The number of nitrogens with one attached hydrogen (secondary N) is 2. The van der Waals surface area contributed by atoms with Gasteiger partial charge in [-0.3, -0.25) is 14.4 Å². The highest BCUT2D eigenvalue weighted by atomic mass is 16.3. The van der Waals surface area contributed by atoms with Crippen LogP contribution in [0.3, 0.4) is 0 Å². The first-order valence-electron chi connectivity index (χ1n) is 11.3. The molecule has 3 N–H and O–H groups in total. The summed E-state index contributed by atoms with van der Waals surface area (Å²) in [6.45, 7) is 5.27. The fourth-order valence-corrected chi connectivity index (χ4v) is 3.82. The molecule has 0 aliphatic heterocycles. The van der Waals surface area contributed by atoms with Gasteiger partial charge < -0.3 is 20.6 Å². The summed E-state index contributed by atoms with van der Waals surface area (Å²) in [5, 5.41) is 15.3. The number of hydrogen-bond acceptors (Lipinski definition) is 4. The van der Waals surface area contributed by atoms with Gasteiger partial charge in [-0.15, -0.1) is 0 Å². The molecule has 1 saturated carbocycles. The Morgan fingerprint density at radius 3 is 2.23 bits per heavy atom. The highest BCUT2D eigenvalue weighted by molar-refractivity contribution is 5.90. The number of aliphatic hydroxyl groups is 1. The molecule has 1 aromatic rings. The fourth-order valence-electron chi connectivity index (χ4n) is 3.82. The molecule has 7 nitrogen and oxygen atoms in total. The number of aliphatic hydroxyl groups excluding tert-OH is 1. The molecule has 2 rings (SSSR count). The van der Waals surface area contributed by atoms with Gasteiger partial charge in [0.2, 0.25) is 17.7 Å². The number of hydrogen-bond donors (Lipinski definition) is 3. The lowest BCUT2D eigenvalue weighted by Gasteiger charge is -2.34. The van der Waals surface area contributed by atoms with E-state index in [0.29, 0.717) is 0 Å². The SMILES string of the molecule is CC(C)[C@H](O)C(=O)NC[C@H](C)C(=O)N[C@H](C(=O)N(C)C1CCCCC1)c1ccccc1. The van der Waals surface area contributed by atoms with E-state index < -0.39 is 24.0 Å². The van der Waals surface area contributed by atoms with Crippen LogP contribution in [0, 0.1) is 11.8 Å². The number of likely N-dealkylation sites (N-methyl/N-ethyl adjacent to an activating group) is 1. The Morgan fingerprint density at radius 2 is 1.65 bits per heavy atom. The molecule has 1 aromatic carbocycles. The van der Waals surface area contributed by atoms with Crippen molar-refractivity contribution in [1.29, 1.82) is 0 Å². The summed E-state index contributed by atoms with van der Waals surface area (Å²) in [7, 11) is 1.82. The number of amides is 3. The first kappa shape index (κ1) is 24.9. The molecule has 0 unspecified atom stereocenters. The molecular formula is C24H37N3O4. The third-order valence-electron chi connectivity index (χ3n) is 6.07. The molecule has 0 aromatic heterocycles. The summed E-state index contributed by atoms with van der Waals surface area (Å²) in [6, 6.07) is 8.65. The predicted molar refractivity (Wildman–Crippen MR) is 120 cm³/mol. The molecule has 0 heterocycles. The smallest absolute Gasteiger partial charge is 0.249 e. The van der Waals surface area contributed by atoms with E-state index in [1.165, 1.54) is 6.42 Å². The molecule has 3 amide bonds. The topological polar surface area (TPSA) is 98.7 Å². The van der Waals surface area contributed by atoms with Gasteiger partial charge in [0, 0.05) is 19.6 Å². The van der Waals surface area contributed by atoms with Gasteiger partial charge in [0.15, 0.2) is 0 Å². The molecule has 1 fully saturated rings. The number of rotatable bonds is 9. The van der Waals surface area contributed by atoms with Crippen LogP contribution in [-0.4, -0.2) is 53.5 Å². The summed E-state index contributed by atoms with van der Waals surface area (Å²) in [5.74, 6) is -1.71. The second-order valence-electron chi connectivity index (χ2n) is 8.93. The van der Waals surface area contributed by atoms with Crippen molar-refractivity contribution in [3.8, 4) is 0 Å². The number of benzene rings is 1. The first-order chi connectivity index (χ1) is 14.7. The predicted octanol–water partition coefficient (Wildman–Crippen LogP) is 2.40. The maximum Gasteiger partial charge on any atom is 0.249 e. The summed E-state index contributed by atoms with van der Waals surface area (Å²) in [6.07, 6.45) is 4.29. The summed E-state index contributed by atoms with van der Waals surface area (Å²) in [5.41, 5.74) is 0.731. The van der Waals surface area contributed by atoms with Crippen LogP contribution in [0.4, 0.5) is 0 Å². The molecule has 1 aliphatic carbocycles. The normalized spacial score (nSPS) is 17.5. The lowest BCUT2D eigenvalue weighted by atomic mass is 9.93. The van der Waals surface area contributed by atoms with Crippen molar-refractivity contribution in [2.24, 2.45) is 11.8 Å². The fraction of sp³-hybridized carbons (Fsp3) is 0.625. The lowest BCUT2D eigenvalue weighted by Crippen LogP contribution is -2.48. The Balaban J connectivity index is 2.06. The van der Waals surface area contributed by atoms with Crippen LogP contribution in [0.5, 0.6) is 0 Å². The molecule has 0 radical (unpaired) electrons. The van der Waals surface area contributed by atoms with E-state index >= 15 is 0 Å². The highest BCUT2D eigenvalue weighted by Crippen LogP contribution is 2.25. The average molecular weight is 432 g/mol. The van der Waals surface area contributed by atoms with Gasteiger partial charge >= 0.3 is 0 Å².